The van der Waals surface area contributed by atoms with Crippen LogP contribution < -0.4 is 10.6 Å². The van der Waals surface area contributed by atoms with Crippen LogP contribution in [0.5, 0.6) is 0 Å². The number of carboxylic acids is 1. The molecule has 4 N–H and O–H groups in total. The monoisotopic (exact) mass is 460 g/mol. The Kier molecular flexibility index (Phi) is 6.89. The molecule has 0 aromatic heterocycles. The Bertz CT molecular complexity index is 1180. The van der Waals surface area contributed by atoms with Crippen molar-refractivity contribution < 1.29 is 29.3 Å². The van der Waals surface area contributed by atoms with E-state index in [0.29, 0.717) is 11.3 Å². The van der Waals surface area contributed by atoms with E-state index < -0.39 is 24.1 Å². The van der Waals surface area contributed by atoms with Gasteiger partial charge in [0.15, 0.2) is 6.10 Å². The third-order valence-corrected chi connectivity index (χ3v) is 5.66. The first-order chi connectivity index (χ1) is 16.4. The predicted octanol–water partition coefficient (Wildman–Crippen LogP) is 3.15. The maximum atomic E-state index is 12.5. The summed E-state index contributed by atoms with van der Waals surface area (Å²) < 4.78 is 5.54. The number of benzene rings is 3. The summed E-state index contributed by atoms with van der Waals surface area (Å²) >= 11 is 0. The Morgan fingerprint density at radius 2 is 1.56 bits per heavy atom. The molecule has 0 aliphatic heterocycles. The molecule has 0 saturated carbocycles. The molecule has 1 unspecified atom stereocenters. The molecule has 3 aromatic rings. The lowest BCUT2D eigenvalue weighted by Crippen LogP contribution is -2.37. The van der Waals surface area contributed by atoms with Crippen LogP contribution >= 0.6 is 0 Å². The highest BCUT2D eigenvalue weighted by Gasteiger charge is 2.29. The molecule has 0 spiro atoms. The number of carbonyl (C=O) groups is 3. The minimum absolute atomic E-state index is 0.0352. The molecule has 174 valence electrons. The fraction of sp³-hybridized carbons (Fsp3) is 0.192. The average molecular weight is 460 g/mol. The van der Waals surface area contributed by atoms with E-state index in [1.165, 1.54) is 0 Å². The SMILES string of the molecule is O=C(Cc1cccc(NC(=O)OCC2c3ccccc3-c3ccccc32)c1)NCC(O)C(=O)O. The summed E-state index contributed by atoms with van der Waals surface area (Å²) in [5.41, 5.74) is 5.62. The highest BCUT2D eigenvalue weighted by Crippen LogP contribution is 2.44. The van der Waals surface area contributed by atoms with Crippen LogP contribution in [-0.2, 0) is 20.7 Å². The van der Waals surface area contributed by atoms with E-state index in [0.717, 1.165) is 22.3 Å². The third-order valence-electron chi connectivity index (χ3n) is 5.66. The van der Waals surface area contributed by atoms with E-state index in [9.17, 15) is 19.5 Å². The number of carboxylic acid groups (broad SMARTS) is 1. The van der Waals surface area contributed by atoms with Gasteiger partial charge in [0.25, 0.3) is 0 Å². The maximum absolute atomic E-state index is 12.5. The highest BCUT2D eigenvalue weighted by molar-refractivity contribution is 5.86. The van der Waals surface area contributed by atoms with Gasteiger partial charge < -0.3 is 20.3 Å². The number of hydrogen-bond acceptors (Lipinski definition) is 5. The minimum atomic E-state index is -1.66. The number of amides is 2. The van der Waals surface area contributed by atoms with E-state index >= 15 is 0 Å². The topological polar surface area (TPSA) is 125 Å². The zero-order valence-electron chi connectivity index (χ0n) is 18.2. The van der Waals surface area contributed by atoms with E-state index in [1.54, 1.807) is 24.3 Å². The van der Waals surface area contributed by atoms with Crippen molar-refractivity contribution in [2.45, 2.75) is 18.4 Å². The molecule has 0 fully saturated rings. The largest absolute Gasteiger partial charge is 0.479 e. The number of aliphatic hydroxyl groups excluding tert-OH is 1. The zero-order chi connectivity index (χ0) is 24.1. The molecule has 3 aromatic carbocycles. The van der Waals surface area contributed by atoms with Crippen molar-refractivity contribution in [1.82, 2.24) is 5.32 Å². The van der Waals surface area contributed by atoms with Crippen molar-refractivity contribution in [3.8, 4) is 11.1 Å². The lowest BCUT2D eigenvalue weighted by molar-refractivity contribution is -0.146. The van der Waals surface area contributed by atoms with Gasteiger partial charge in [-0.05, 0) is 39.9 Å². The summed E-state index contributed by atoms with van der Waals surface area (Å²) in [6.45, 7) is -0.195. The molecule has 8 heteroatoms. The van der Waals surface area contributed by atoms with Crippen LogP contribution in [0.4, 0.5) is 10.5 Å². The van der Waals surface area contributed by atoms with Crippen LogP contribution in [-0.4, -0.2) is 47.4 Å². The highest BCUT2D eigenvalue weighted by atomic mass is 16.5. The number of hydrogen-bond donors (Lipinski definition) is 4. The van der Waals surface area contributed by atoms with Crippen molar-refractivity contribution in [1.29, 1.82) is 0 Å². The lowest BCUT2D eigenvalue weighted by Gasteiger charge is -2.15. The molecule has 0 bridgehead atoms. The number of aliphatic carboxylic acids is 1. The quantitative estimate of drug-likeness (QED) is 0.409. The first kappa shape index (κ1) is 23.0. The van der Waals surface area contributed by atoms with Crippen molar-refractivity contribution in [2.24, 2.45) is 0 Å². The van der Waals surface area contributed by atoms with Gasteiger partial charge in [-0.25, -0.2) is 9.59 Å². The van der Waals surface area contributed by atoms with Crippen LogP contribution in [0.2, 0.25) is 0 Å². The van der Waals surface area contributed by atoms with Gasteiger partial charge in [0, 0.05) is 11.6 Å². The van der Waals surface area contributed by atoms with Crippen LogP contribution in [0.1, 0.15) is 22.6 Å². The lowest BCUT2D eigenvalue weighted by atomic mass is 9.98. The fourth-order valence-electron chi connectivity index (χ4n) is 4.06. The van der Waals surface area contributed by atoms with Gasteiger partial charge in [0.05, 0.1) is 13.0 Å². The van der Waals surface area contributed by atoms with Gasteiger partial charge in [-0.2, -0.15) is 0 Å². The zero-order valence-corrected chi connectivity index (χ0v) is 18.2. The van der Waals surface area contributed by atoms with Gasteiger partial charge >= 0.3 is 12.1 Å². The Hall–Kier alpha value is -4.17. The van der Waals surface area contributed by atoms with Gasteiger partial charge in [0.1, 0.15) is 6.61 Å². The molecule has 4 rings (SSSR count). The summed E-state index contributed by atoms with van der Waals surface area (Å²) in [6.07, 6.45) is -2.30. The summed E-state index contributed by atoms with van der Waals surface area (Å²) in [5.74, 6) is -1.90. The molecular weight excluding hydrogens is 436 g/mol. The summed E-state index contributed by atoms with van der Waals surface area (Å²) in [4.78, 5) is 35.1. The van der Waals surface area contributed by atoms with Crippen LogP contribution in [0.25, 0.3) is 11.1 Å². The molecule has 0 radical (unpaired) electrons. The Morgan fingerprint density at radius 3 is 2.21 bits per heavy atom. The van der Waals surface area contributed by atoms with Gasteiger partial charge in [-0.15, -0.1) is 0 Å². The van der Waals surface area contributed by atoms with Gasteiger partial charge in [-0.1, -0.05) is 60.7 Å². The van der Waals surface area contributed by atoms with Crippen LogP contribution in [0.3, 0.4) is 0 Å². The summed E-state index contributed by atoms with van der Waals surface area (Å²) in [7, 11) is 0. The van der Waals surface area contributed by atoms with E-state index in [1.807, 2.05) is 36.4 Å². The van der Waals surface area contributed by atoms with Crippen molar-refractivity contribution in [3.63, 3.8) is 0 Å². The molecule has 1 atom stereocenters. The first-order valence-corrected chi connectivity index (χ1v) is 10.8. The molecule has 34 heavy (non-hydrogen) atoms. The molecule has 8 nitrogen and oxygen atoms in total. The molecule has 2 amide bonds. The number of aliphatic hydroxyl groups is 1. The maximum Gasteiger partial charge on any atom is 0.411 e. The van der Waals surface area contributed by atoms with Crippen molar-refractivity contribution in [3.05, 3.63) is 89.5 Å². The van der Waals surface area contributed by atoms with E-state index in [4.69, 9.17) is 9.84 Å². The Balaban J connectivity index is 1.34. The standard InChI is InChI=1S/C26H24N2O6/c29-23(25(31)32)14-27-24(30)13-16-6-5-7-17(12-16)28-26(33)34-15-22-20-10-3-1-8-18(20)19-9-2-4-11-21(19)22/h1-12,22-23,29H,13-15H2,(H,27,30)(H,28,33)(H,31,32). The number of carbonyl (C=O) groups excluding carboxylic acids is 2. The Morgan fingerprint density at radius 1 is 0.912 bits per heavy atom. The predicted molar refractivity (Wildman–Crippen MR) is 125 cm³/mol. The number of fused-ring (bicyclic) bond motifs is 3. The number of nitrogens with one attached hydrogen (secondary N) is 2. The minimum Gasteiger partial charge on any atom is -0.479 e. The average Bonchev–Trinajstić information content (AvgIpc) is 3.15. The van der Waals surface area contributed by atoms with Crippen molar-refractivity contribution in [2.75, 3.05) is 18.5 Å². The molecule has 0 heterocycles. The van der Waals surface area contributed by atoms with E-state index in [-0.39, 0.29) is 25.5 Å². The molecular formula is C26H24N2O6. The van der Waals surface area contributed by atoms with Crippen LogP contribution in [0.15, 0.2) is 72.8 Å². The summed E-state index contributed by atoms with van der Waals surface area (Å²) in [5, 5.41) is 22.9. The number of rotatable bonds is 8. The molecule has 1 aliphatic carbocycles. The normalized spacial score (nSPS) is 12.9. The second kappa shape index (κ2) is 10.2. The third kappa shape index (κ3) is 5.24. The van der Waals surface area contributed by atoms with Gasteiger partial charge in [0.2, 0.25) is 5.91 Å². The smallest absolute Gasteiger partial charge is 0.411 e. The first-order valence-electron chi connectivity index (χ1n) is 10.8. The fourth-order valence-corrected chi connectivity index (χ4v) is 4.06. The molecule has 0 saturated heterocycles. The Labute approximate surface area is 196 Å². The second-order valence-corrected chi connectivity index (χ2v) is 7.99. The summed E-state index contributed by atoms with van der Waals surface area (Å²) in [6, 6.07) is 22.9. The molecule has 1 aliphatic rings. The van der Waals surface area contributed by atoms with Crippen molar-refractivity contribution >= 4 is 23.7 Å². The van der Waals surface area contributed by atoms with Gasteiger partial charge in [-0.3, -0.25) is 10.1 Å². The van der Waals surface area contributed by atoms with Crippen LogP contribution in [0, 0.1) is 0 Å². The number of anilines is 1. The van der Waals surface area contributed by atoms with E-state index in [2.05, 4.69) is 22.8 Å². The number of ether oxygens (including phenoxy) is 1. The second-order valence-electron chi connectivity index (χ2n) is 7.99.